The van der Waals surface area contributed by atoms with Crippen molar-refractivity contribution in [2.45, 2.75) is 45.4 Å². The summed E-state index contributed by atoms with van der Waals surface area (Å²) in [4.78, 5) is 10.9. The quantitative estimate of drug-likeness (QED) is 0.598. The lowest BCUT2D eigenvalue weighted by Gasteiger charge is -2.21. The zero-order valence-corrected chi connectivity index (χ0v) is 12.6. The number of benzene rings is 1. The Morgan fingerprint density at radius 1 is 1.33 bits per heavy atom. The molecule has 0 bridgehead atoms. The van der Waals surface area contributed by atoms with E-state index in [1.165, 1.54) is 32.1 Å². The third kappa shape index (κ3) is 4.34. The number of nitro groups is 1. The Kier molecular flexibility index (Phi) is 5.84. The van der Waals surface area contributed by atoms with Gasteiger partial charge < -0.3 is 10.1 Å². The highest BCUT2D eigenvalue weighted by Crippen LogP contribution is 2.35. The van der Waals surface area contributed by atoms with Crippen LogP contribution in [0.3, 0.4) is 0 Å². The minimum Gasteiger partial charge on any atom is -0.487 e. The second kappa shape index (κ2) is 7.86. The number of nitrogens with one attached hydrogen (secondary N) is 1. The van der Waals surface area contributed by atoms with Crippen LogP contribution in [0, 0.1) is 16.0 Å². The molecule has 1 fully saturated rings. The minimum absolute atomic E-state index is 0.0444. The molecule has 116 valence electrons. The first-order valence-corrected chi connectivity index (χ1v) is 7.86. The zero-order valence-electron chi connectivity index (χ0n) is 12.6. The normalized spacial score (nSPS) is 15.7. The summed E-state index contributed by atoms with van der Waals surface area (Å²) in [6, 6.07) is 5.19. The van der Waals surface area contributed by atoms with Gasteiger partial charge in [0, 0.05) is 6.54 Å². The minimum atomic E-state index is -0.367. The first-order valence-electron chi connectivity index (χ1n) is 7.86. The summed E-state index contributed by atoms with van der Waals surface area (Å²) >= 11 is 0. The number of nitro benzene ring substituents is 1. The molecule has 0 aliphatic heterocycles. The number of hydrogen-bond acceptors (Lipinski definition) is 4. The van der Waals surface area contributed by atoms with Crippen molar-refractivity contribution in [3.63, 3.8) is 0 Å². The predicted octanol–water partition coefficient (Wildman–Crippen LogP) is 4.38. The van der Waals surface area contributed by atoms with Crippen LogP contribution in [0.4, 0.5) is 11.4 Å². The van der Waals surface area contributed by atoms with Gasteiger partial charge in [-0.25, -0.2) is 0 Å². The van der Waals surface area contributed by atoms with Crippen molar-refractivity contribution in [3.8, 4) is 5.75 Å². The molecule has 0 atom stereocenters. The lowest BCUT2D eigenvalue weighted by Crippen LogP contribution is -2.13. The SMILES string of the molecule is CCOc1cccc(NCCC2CCCCC2)c1[N+](=O)[O-]. The summed E-state index contributed by atoms with van der Waals surface area (Å²) in [5.41, 5.74) is 0.602. The van der Waals surface area contributed by atoms with Crippen LogP contribution >= 0.6 is 0 Å². The van der Waals surface area contributed by atoms with E-state index in [0.29, 0.717) is 18.0 Å². The fraction of sp³-hybridized carbons (Fsp3) is 0.625. The maximum atomic E-state index is 11.3. The van der Waals surface area contributed by atoms with Gasteiger partial charge >= 0.3 is 5.69 Å². The molecule has 0 radical (unpaired) electrons. The molecule has 5 nitrogen and oxygen atoms in total. The Morgan fingerprint density at radius 3 is 2.76 bits per heavy atom. The average molecular weight is 292 g/mol. The predicted molar refractivity (Wildman–Crippen MR) is 83.9 cm³/mol. The molecule has 1 aromatic rings. The third-order valence-electron chi connectivity index (χ3n) is 4.07. The number of hydrogen-bond donors (Lipinski definition) is 1. The van der Waals surface area contributed by atoms with Gasteiger partial charge in [0.05, 0.1) is 11.5 Å². The summed E-state index contributed by atoms with van der Waals surface area (Å²) in [5, 5.41) is 14.5. The van der Waals surface area contributed by atoms with Crippen molar-refractivity contribution >= 4 is 11.4 Å². The van der Waals surface area contributed by atoms with Crippen LogP contribution in [-0.4, -0.2) is 18.1 Å². The van der Waals surface area contributed by atoms with Crippen LogP contribution in [0.25, 0.3) is 0 Å². The van der Waals surface area contributed by atoms with E-state index in [2.05, 4.69) is 5.32 Å². The Hall–Kier alpha value is -1.78. The van der Waals surface area contributed by atoms with E-state index in [0.717, 1.165) is 18.9 Å². The number of ether oxygens (including phenoxy) is 1. The molecule has 0 spiro atoms. The second-order valence-corrected chi connectivity index (χ2v) is 5.56. The molecule has 0 saturated heterocycles. The van der Waals surface area contributed by atoms with Crippen molar-refractivity contribution in [2.75, 3.05) is 18.5 Å². The zero-order chi connectivity index (χ0) is 15.1. The van der Waals surface area contributed by atoms with Crippen LogP contribution in [0.15, 0.2) is 18.2 Å². The van der Waals surface area contributed by atoms with Crippen LogP contribution in [0.5, 0.6) is 5.75 Å². The molecule has 1 aliphatic carbocycles. The number of rotatable bonds is 7. The van der Waals surface area contributed by atoms with Gasteiger partial charge in [0.15, 0.2) is 5.75 Å². The topological polar surface area (TPSA) is 64.4 Å². The molecule has 1 N–H and O–H groups in total. The molecule has 1 aliphatic rings. The summed E-state index contributed by atoms with van der Waals surface area (Å²) in [5.74, 6) is 1.10. The van der Waals surface area contributed by atoms with Crippen LogP contribution < -0.4 is 10.1 Å². The molecule has 5 heteroatoms. The molecular formula is C16H24N2O3. The number of nitrogens with zero attached hydrogens (tertiary/aromatic N) is 1. The molecular weight excluding hydrogens is 268 g/mol. The molecule has 21 heavy (non-hydrogen) atoms. The lowest BCUT2D eigenvalue weighted by atomic mass is 9.87. The molecule has 0 amide bonds. The van der Waals surface area contributed by atoms with E-state index in [9.17, 15) is 10.1 Å². The fourth-order valence-corrected chi connectivity index (χ4v) is 3.01. The maximum Gasteiger partial charge on any atom is 0.333 e. The van der Waals surface area contributed by atoms with Crippen molar-refractivity contribution in [1.82, 2.24) is 0 Å². The van der Waals surface area contributed by atoms with Crippen LogP contribution in [0.2, 0.25) is 0 Å². The first-order chi connectivity index (χ1) is 10.2. The highest BCUT2D eigenvalue weighted by molar-refractivity contribution is 5.68. The Bertz CT molecular complexity index is 471. The van der Waals surface area contributed by atoms with Gasteiger partial charge in [-0.2, -0.15) is 0 Å². The molecule has 1 saturated carbocycles. The molecule has 0 unspecified atom stereocenters. The number of para-hydroxylation sites is 1. The highest BCUT2D eigenvalue weighted by Gasteiger charge is 2.21. The fourth-order valence-electron chi connectivity index (χ4n) is 3.01. The van der Waals surface area contributed by atoms with Crippen molar-refractivity contribution in [1.29, 1.82) is 0 Å². The van der Waals surface area contributed by atoms with Gasteiger partial charge in [0.1, 0.15) is 5.69 Å². The summed E-state index contributed by atoms with van der Waals surface area (Å²) in [6.07, 6.45) is 7.67. The maximum absolute atomic E-state index is 11.3. The van der Waals surface area contributed by atoms with Gasteiger partial charge in [0.2, 0.25) is 0 Å². The monoisotopic (exact) mass is 292 g/mol. The Balaban J connectivity index is 1.98. The summed E-state index contributed by atoms with van der Waals surface area (Å²) < 4.78 is 5.35. The molecule has 2 rings (SSSR count). The standard InChI is InChI=1S/C16H24N2O3/c1-2-21-15-10-6-9-14(16(15)18(19)20)17-12-11-13-7-4-3-5-8-13/h6,9-10,13,17H,2-5,7-8,11-12H2,1H3. The molecule has 0 aromatic heterocycles. The molecule has 1 aromatic carbocycles. The summed E-state index contributed by atoms with van der Waals surface area (Å²) in [6.45, 7) is 3.03. The highest BCUT2D eigenvalue weighted by atomic mass is 16.6. The Labute approximate surface area is 125 Å². The first kappa shape index (κ1) is 15.6. The van der Waals surface area contributed by atoms with Crippen LogP contribution in [0.1, 0.15) is 45.4 Å². The number of anilines is 1. The van der Waals surface area contributed by atoms with Crippen molar-refractivity contribution in [2.24, 2.45) is 5.92 Å². The van der Waals surface area contributed by atoms with Crippen molar-refractivity contribution < 1.29 is 9.66 Å². The summed E-state index contributed by atoms with van der Waals surface area (Å²) in [7, 11) is 0. The average Bonchev–Trinajstić information content (AvgIpc) is 2.48. The van der Waals surface area contributed by atoms with E-state index in [4.69, 9.17) is 4.74 Å². The molecule has 0 heterocycles. The smallest absolute Gasteiger partial charge is 0.333 e. The van der Waals surface area contributed by atoms with E-state index in [1.54, 1.807) is 18.2 Å². The van der Waals surface area contributed by atoms with Crippen LogP contribution in [-0.2, 0) is 0 Å². The second-order valence-electron chi connectivity index (χ2n) is 5.56. The van der Waals surface area contributed by atoms with Gasteiger partial charge in [0.25, 0.3) is 0 Å². The van der Waals surface area contributed by atoms with Gasteiger partial charge in [-0.15, -0.1) is 0 Å². The lowest BCUT2D eigenvalue weighted by molar-refractivity contribution is -0.384. The third-order valence-corrected chi connectivity index (χ3v) is 4.07. The van der Waals surface area contributed by atoms with E-state index in [-0.39, 0.29) is 10.6 Å². The largest absolute Gasteiger partial charge is 0.487 e. The Morgan fingerprint density at radius 2 is 2.10 bits per heavy atom. The van der Waals surface area contributed by atoms with Gasteiger partial charge in [-0.05, 0) is 31.4 Å². The van der Waals surface area contributed by atoms with Gasteiger partial charge in [-0.3, -0.25) is 10.1 Å². The van der Waals surface area contributed by atoms with E-state index in [1.807, 2.05) is 6.92 Å². The van der Waals surface area contributed by atoms with E-state index < -0.39 is 0 Å². The van der Waals surface area contributed by atoms with Gasteiger partial charge in [-0.1, -0.05) is 38.2 Å². The van der Waals surface area contributed by atoms with Crippen molar-refractivity contribution in [3.05, 3.63) is 28.3 Å². The van der Waals surface area contributed by atoms with E-state index >= 15 is 0 Å².